The molecule has 2 amide bonds. The van der Waals surface area contributed by atoms with Crippen LogP contribution in [0.3, 0.4) is 0 Å². The van der Waals surface area contributed by atoms with Crippen LogP contribution in [0.2, 0.25) is 0 Å². The molecule has 2 N–H and O–H groups in total. The maximum atomic E-state index is 12.3. The normalized spacial score (nSPS) is 15.0. The quantitative estimate of drug-likeness (QED) is 0.503. The van der Waals surface area contributed by atoms with Crippen molar-refractivity contribution < 1.29 is 9.59 Å². The zero-order valence-electron chi connectivity index (χ0n) is 14.1. The second-order valence-electron chi connectivity index (χ2n) is 6.44. The van der Waals surface area contributed by atoms with Crippen LogP contribution in [0.15, 0.2) is 29.3 Å². The van der Waals surface area contributed by atoms with E-state index < -0.39 is 0 Å². The number of fused-ring (bicyclic) bond motifs is 1. The molecule has 0 unspecified atom stereocenters. The minimum atomic E-state index is -0.241. The van der Waals surface area contributed by atoms with Crippen LogP contribution >= 0.6 is 0 Å². The number of amides is 2. The summed E-state index contributed by atoms with van der Waals surface area (Å²) in [6.07, 6.45) is 0. The van der Waals surface area contributed by atoms with Gasteiger partial charge in [-0.2, -0.15) is 0 Å². The number of guanidine groups is 1. The topological polar surface area (TPSA) is 73.8 Å². The van der Waals surface area contributed by atoms with E-state index in [0.717, 1.165) is 6.54 Å². The molecular weight excluding hydrogens is 292 g/mol. The van der Waals surface area contributed by atoms with Crippen LogP contribution in [0, 0.1) is 0 Å². The van der Waals surface area contributed by atoms with Crippen molar-refractivity contribution in [2.75, 3.05) is 19.6 Å². The molecule has 1 heterocycles. The molecule has 124 valence electrons. The summed E-state index contributed by atoms with van der Waals surface area (Å²) in [5.41, 5.74) is 0.832. The number of nitrogens with one attached hydrogen (secondary N) is 2. The third-order valence-corrected chi connectivity index (χ3v) is 3.31. The van der Waals surface area contributed by atoms with Gasteiger partial charge in [-0.3, -0.25) is 19.5 Å². The van der Waals surface area contributed by atoms with Crippen molar-refractivity contribution >= 4 is 17.8 Å². The molecule has 1 aromatic rings. The highest BCUT2D eigenvalue weighted by Crippen LogP contribution is 2.21. The van der Waals surface area contributed by atoms with Crippen LogP contribution in [0.5, 0.6) is 0 Å². The zero-order chi connectivity index (χ0) is 17.0. The highest BCUT2D eigenvalue weighted by molar-refractivity contribution is 6.21. The van der Waals surface area contributed by atoms with Gasteiger partial charge in [-0.1, -0.05) is 12.1 Å². The molecule has 1 aromatic carbocycles. The number of nitrogens with zero attached hydrogens (tertiary/aromatic N) is 2. The van der Waals surface area contributed by atoms with Gasteiger partial charge in [0.05, 0.1) is 17.7 Å². The molecular formula is C17H24N4O2. The van der Waals surface area contributed by atoms with E-state index in [9.17, 15) is 9.59 Å². The number of imide groups is 1. The van der Waals surface area contributed by atoms with E-state index in [1.165, 1.54) is 4.90 Å². The number of benzene rings is 1. The van der Waals surface area contributed by atoms with Crippen molar-refractivity contribution in [2.24, 2.45) is 4.99 Å². The van der Waals surface area contributed by atoms with Gasteiger partial charge in [0, 0.05) is 18.6 Å². The Morgan fingerprint density at radius 1 is 1.13 bits per heavy atom. The molecule has 0 atom stereocenters. The average Bonchev–Trinajstić information content (AvgIpc) is 2.71. The Labute approximate surface area is 137 Å². The van der Waals surface area contributed by atoms with Crippen molar-refractivity contribution in [2.45, 2.75) is 33.2 Å². The molecule has 0 saturated carbocycles. The average molecular weight is 316 g/mol. The highest BCUT2D eigenvalue weighted by Gasteiger charge is 2.34. The minimum Gasteiger partial charge on any atom is -0.357 e. The largest absolute Gasteiger partial charge is 0.357 e. The first-order valence-electron chi connectivity index (χ1n) is 7.85. The van der Waals surface area contributed by atoms with Gasteiger partial charge in [-0.15, -0.1) is 0 Å². The van der Waals surface area contributed by atoms with Gasteiger partial charge in [0.25, 0.3) is 11.8 Å². The molecule has 0 fully saturated rings. The van der Waals surface area contributed by atoms with E-state index in [-0.39, 0.29) is 23.9 Å². The van der Waals surface area contributed by atoms with Crippen LogP contribution in [0.25, 0.3) is 0 Å². The van der Waals surface area contributed by atoms with E-state index in [1.807, 2.05) is 27.7 Å². The van der Waals surface area contributed by atoms with Crippen LogP contribution in [-0.2, 0) is 0 Å². The predicted octanol–water partition coefficient (Wildman–Crippen LogP) is 1.64. The lowest BCUT2D eigenvalue weighted by Crippen LogP contribution is -2.47. The molecule has 23 heavy (non-hydrogen) atoms. The predicted molar refractivity (Wildman–Crippen MR) is 90.7 cm³/mol. The van der Waals surface area contributed by atoms with E-state index in [0.29, 0.717) is 23.6 Å². The van der Waals surface area contributed by atoms with Gasteiger partial charge in [-0.05, 0) is 39.8 Å². The fourth-order valence-corrected chi connectivity index (χ4v) is 2.37. The molecule has 0 aliphatic carbocycles. The Morgan fingerprint density at radius 2 is 1.70 bits per heavy atom. The van der Waals surface area contributed by atoms with E-state index in [2.05, 4.69) is 15.6 Å². The van der Waals surface area contributed by atoms with Gasteiger partial charge in [0.15, 0.2) is 5.96 Å². The molecule has 6 nitrogen and oxygen atoms in total. The SMILES string of the molecule is CCNC(=NCCN1C(=O)c2ccccc2C1=O)NC(C)(C)C. The summed E-state index contributed by atoms with van der Waals surface area (Å²) in [5, 5.41) is 6.43. The van der Waals surface area contributed by atoms with E-state index >= 15 is 0 Å². The van der Waals surface area contributed by atoms with Gasteiger partial charge in [0.2, 0.25) is 0 Å². The Bertz CT molecular complexity index is 597. The summed E-state index contributed by atoms with van der Waals surface area (Å²) >= 11 is 0. The maximum Gasteiger partial charge on any atom is 0.261 e. The third kappa shape index (κ3) is 4.09. The van der Waals surface area contributed by atoms with Crippen molar-refractivity contribution in [1.82, 2.24) is 15.5 Å². The van der Waals surface area contributed by atoms with Crippen LogP contribution in [0.1, 0.15) is 48.4 Å². The van der Waals surface area contributed by atoms with Gasteiger partial charge in [0.1, 0.15) is 0 Å². The smallest absolute Gasteiger partial charge is 0.261 e. The Morgan fingerprint density at radius 3 is 2.17 bits per heavy atom. The summed E-state index contributed by atoms with van der Waals surface area (Å²) in [7, 11) is 0. The van der Waals surface area contributed by atoms with E-state index in [4.69, 9.17) is 0 Å². The van der Waals surface area contributed by atoms with E-state index in [1.54, 1.807) is 24.3 Å². The first-order chi connectivity index (χ1) is 10.8. The lowest BCUT2D eigenvalue weighted by Gasteiger charge is -2.24. The molecule has 0 aromatic heterocycles. The molecule has 0 saturated heterocycles. The second kappa shape index (κ2) is 6.81. The van der Waals surface area contributed by atoms with Crippen LogP contribution in [0.4, 0.5) is 0 Å². The third-order valence-electron chi connectivity index (χ3n) is 3.31. The summed E-state index contributed by atoms with van der Waals surface area (Å²) in [6.45, 7) is 9.50. The monoisotopic (exact) mass is 316 g/mol. The van der Waals surface area contributed by atoms with Crippen molar-refractivity contribution in [1.29, 1.82) is 0 Å². The number of aliphatic imine (C=N–C) groups is 1. The zero-order valence-corrected chi connectivity index (χ0v) is 14.1. The van der Waals surface area contributed by atoms with Crippen LogP contribution < -0.4 is 10.6 Å². The molecule has 0 radical (unpaired) electrons. The molecule has 1 aliphatic rings. The fraction of sp³-hybridized carbons (Fsp3) is 0.471. The Kier molecular flexibility index (Phi) is 5.03. The number of hydrogen-bond donors (Lipinski definition) is 2. The number of hydrogen-bond acceptors (Lipinski definition) is 3. The van der Waals surface area contributed by atoms with Gasteiger partial charge in [-0.25, -0.2) is 0 Å². The highest BCUT2D eigenvalue weighted by atomic mass is 16.2. The minimum absolute atomic E-state index is 0.115. The Balaban J connectivity index is 2.02. The second-order valence-corrected chi connectivity index (χ2v) is 6.44. The summed E-state index contributed by atoms with van der Waals surface area (Å²) in [4.78, 5) is 30.2. The van der Waals surface area contributed by atoms with Crippen LogP contribution in [-0.4, -0.2) is 47.8 Å². The molecule has 1 aliphatic heterocycles. The lowest BCUT2D eigenvalue weighted by molar-refractivity contribution is 0.0659. The van der Waals surface area contributed by atoms with Crippen molar-refractivity contribution in [3.05, 3.63) is 35.4 Å². The molecule has 6 heteroatoms. The van der Waals surface area contributed by atoms with Gasteiger partial charge >= 0.3 is 0 Å². The first kappa shape index (κ1) is 17.0. The fourth-order valence-electron chi connectivity index (χ4n) is 2.37. The Hall–Kier alpha value is -2.37. The number of carbonyl (C=O) groups is 2. The number of rotatable bonds is 4. The molecule has 2 rings (SSSR count). The standard InChI is InChI=1S/C17H24N4O2/c1-5-18-16(20-17(2,3)4)19-10-11-21-14(22)12-8-6-7-9-13(12)15(21)23/h6-9H,5,10-11H2,1-4H3,(H2,18,19,20). The lowest BCUT2D eigenvalue weighted by atomic mass is 10.1. The maximum absolute atomic E-state index is 12.3. The summed E-state index contributed by atoms with van der Waals surface area (Å²) < 4.78 is 0. The van der Waals surface area contributed by atoms with Crippen molar-refractivity contribution in [3.63, 3.8) is 0 Å². The summed E-state index contributed by atoms with van der Waals surface area (Å²) in [5.74, 6) is 0.195. The van der Waals surface area contributed by atoms with Gasteiger partial charge < -0.3 is 10.6 Å². The summed E-state index contributed by atoms with van der Waals surface area (Å²) in [6, 6.07) is 6.90. The van der Waals surface area contributed by atoms with Crippen molar-refractivity contribution in [3.8, 4) is 0 Å². The first-order valence-corrected chi connectivity index (χ1v) is 7.85. The molecule has 0 spiro atoms. The number of carbonyl (C=O) groups excluding carboxylic acids is 2. The molecule has 0 bridgehead atoms.